The number of pyridine rings is 1. The Bertz CT molecular complexity index is 562. The Labute approximate surface area is 116 Å². The Hall–Kier alpha value is -1.88. The number of aromatic amines is 1. The average Bonchev–Trinajstić information content (AvgIpc) is 2.80. The van der Waals surface area contributed by atoms with Crippen LogP contribution in [0.1, 0.15) is 31.0 Å². The fourth-order valence-corrected chi connectivity index (χ4v) is 1.69. The van der Waals surface area contributed by atoms with Crippen LogP contribution >= 0.6 is 11.6 Å². The summed E-state index contributed by atoms with van der Waals surface area (Å²) in [6.07, 6.45) is 1.83. The third-order valence-corrected chi connectivity index (χ3v) is 2.86. The van der Waals surface area contributed by atoms with E-state index in [2.05, 4.69) is 34.3 Å². The van der Waals surface area contributed by atoms with Gasteiger partial charge in [0.1, 0.15) is 5.15 Å². The van der Waals surface area contributed by atoms with Crippen molar-refractivity contribution in [2.24, 2.45) is 0 Å². The molecule has 0 unspecified atom stereocenters. The molecule has 0 radical (unpaired) electrons. The predicted molar refractivity (Wildman–Crippen MR) is 74.3 cm³/mol. The van der Waals surface area contributed by atoms with Crippen molar-refractivity contribution in [2.75, 3.05) is 5.32 Å². The minimum absolute atomic E-state index is 0.133. The number of H-pyrrole nitrogens is 1. The van der Waals surface area contributed by atoms with Crippen LogP contribution in [0.3, 0.4) is 0 Å². The van der Waals surface area contributed by atoms with Crippen LogP contribution in [0, 0.1) is 0 Å². The SMILES string of the molecule is CC(C)c1cc(NC(=O)Cc2ccc(Cl)nc2)n[nH]1. The van der Waals surface area contributed by atoms with E-state index in [-0.39, 0.29) is 12.3 Å². The molecule has 0 aliphatic heterocycles. The molecule has 0 spiro atoms. The maximum absolute atomic E-state index is 11.8. The molecule has 19 heavy (non-hydrogen) atoms. The van der Waals surface area contributed by atoms with Gasteiger partial charge in [0, 0.05) is 18.0 Å². The van der Waals surface area contributed by atoms with Gasteiger partial charge >= 0.3 is 0 Å². The van der Waals surface area contributed by atoms with E-state index in [1.807, 2.05) is 6.07 Å². The van der Waals surface area contributed by atoms with Crippen LogP contribution in [0.4, 0.5) is 5.82 Å². The number of carbonyl (C=O) groups excluding carboxylic acids is 1. The highest BCUT2D eigenvalue weighted by atomic mass is 35.5. The predicted octanol–water partition coefficient (Wildman–Crippen LogP) is 2.76. The standard InChI is InChI=1S/C13H15ClN4O/c1-8(2)10-6-12(18-17-10)16-13(19)5-9-3-4-11(14)15-7-9/h3-4,6-8H,5H2,1-2H3,(H2,16,17,18,19). The average molecular weight is 279 g/mol. The van der Waals surface area contributed by atoms with Crippen molar-refractivity contribution in [3.63, 3.8) is 0 Å². The van der Waals surface area contributed by atoms with E-state index in [4.69, 9.17) is 11.6 Å². The third kappa shape index (κ3) is 3.79. The van der Waals surface area contributed by atoms with Crippen molar-refractivity contribution in [2.45, 2.75) is 26.2 Å². The lowest BCUT2D eigenvalue weighted by Gasteiger charge is -2.02. The topological polar surface area (TPSA) is 70.7 Å². The van der Waals surface area contributed by atoms with Crippen molar-refractivity contribution in [3.8, 4) is 0 Å². The summed E-state index contributed by atoms with van der Waals surface area (Å²) < 4.78 is 0. The lowest BCUT2D eigenvalue weighted by Crippen LogP contribution is -2.14. The number of amides is 1. The number of hydrogen-bond acceptors (Lipinski definition) is 3. The summed E-state index contributed by atoms with van der Waals surface area (Å²) in [7, 11) is 0. The number of nitrogens with zero attached hydrogens (tertiary/aromatic N) is 2. The zero-order valence-corrected chi connectivity index (χ0v) is 11.5. The molecule has 0 aromatic carbocycles. The maximum Gasteiger partial charge on any atom is 0.230 e. The van der Waals surface area contributed by atoms with Gasteiger partial charge < -0.3 is 5.32 Å². The molecule has 100 valence electrons. The van der Waals surface area contributed by atoms with Crippen LogP contribution in [0.25, 0.3) is 0 Å². The Morgan fingerprint density at radius 3 is 2.84 bits per heavy atom. The van der Waals surface area contributed by atoms with E-state index >= 15 is 0 Å². The highest BCUT2D eigenvalue weighted by Crippen LogP contribution is 2.15. The van der Waals surface area contributed by atoms with Crippen molar-refractivity contribution in [1.82, 2.24) is 15.2 Å². The monoisotopic (exact) mass is 278 g/mol. The first kappa shape index (κ1) is 13.5. The van der Waals surface area contributed by atoms with E-state index in [1.165, 1.54) is 0 Å². The van der Waals surface area contributed by atoms with E-state index < -0.39 is 0 Å². The summed E-state index contributed by atoms with van der Waals surface area (Å²) in [5.41, 5.74) is 1.80. The molecule has 2 heterocycles. The van der Waals surface area contributed by atoms with Crippen molar-refractivity contribution < 1.29 is 4.79 Å². The highest BCUT2D eigenvalue weighted by Gasteiger charge is 2.09. The van der Waals surface area contributed by atoms with Gasteiger partial charge in [0.05, 0.1) is 6.42 Å². The molecule has 2 aromatic heterocycles. The fourth-order valence-electron chi connectivity index (χ4n) is 1.58. The van der Waals surface area contributed by atoms with Crippen LogP contribution in [0.15, 0.2) is 24.4 Å². The number of halogens is 1. The van der Waals surface area contributed by atoms with Crippen molar-refractivity contribution in [1.29, 1.82) is 0 Å². The number of carbonyl (C=O) groups is 1. The Balaban J connectivity index is 1.95. The first-order chi connectivity index (χ1) is 9.04. The summed E-state index contributed by atoms with van der Waals surface area (Å²) >= 11 is 5.68. The number of aromatic nitrogens is 3. The quantitative estimate of drug-likeness (QED) is 0.845. The first-order valence-corrected chi connectivity index (χ1v) is 6.38. The maximum atomic E-state index is 11.8. The first-order valence-electron chi connectivity index (χ1n) is 6.00. The van der Waals surface area contributed by atoms with E-state index in [1.54, 1.807) is 18.3 Å². The second-order valence-electron chi connectivity index (χ2n) is 4.58. The number of anilines is 1. The van der Waals surface area contributed by atoms with Crippen LogP contribution in [0.2, 0.25) is 5.15 Å². The van der Waals surface area contributed by atoms with E-state index in [9.17, 15) is 4.79 Å². The summed E-state index contributed by atoms with van der Waals surface area (Å²) in [6.45, 7) is 4.11. The van der Waals surface area contributed by atoms with Gasteiger partial charge in [-0.25, -0.2) is 4.98 Å². The highest BCUT2D eigenvalue weighted by molar-refractivity contribution is 6.29. The van der Waals surface area contributed by atoms with Crippen LogP contribution in [-0.4, -0.2) is 21.1 Å². The van der Waals surface area contributed by atoms with Gasteiger partial charge in [-0.05, 0) is 17.5 Å². The molecule has 0 fully saturated rings. The smallest absolute Gasteiger partial charge is 0.230 e. The second-order valence-corrected chi connectivity index (χ2v) is 4.96. The molecule has 0 saturated carbocycles. The summed E-state index contributed by atoms with van der Waals surface area (Å²) in [6, 6.07) is 5.28. The van der Waals surface area contributed by atoms with E-state index in [0.29, 0.717) is 16.9 Å². The summed E-state index contributed by atoms with van der Waals surface area (Å²) in [4.78, 5) is 15.8. The Morgan fingerprint density at radius 1 is 1.47 bits per heavy atom. The molecule has 0 bridgehead atoms. The lowest BCUT2D eigenvalue weighted by atomic mass is 10.1. The number of nitrogens with one attached hydrogen (secondary N) is 2. The van der Waals surface area contributed by atoms with Gasteiger partial charge in [-0.15, -0.1) is 0 Å². The minimum atomic E-state index is -0.133. The lowest BCUT2D eigenvalue weighted by molar-refractivity contribution is -0.115. The molecule has 0 atom stereocenters. The minimum Gasteiger partial charge on any atom is -0.309 e. The molecule has 2 rings (SSSR count). The van der Waals surface area contributed by atoms with Crippen LogP contribution < -0.4 is 5.32 Å². The molecule has 5 nitrogen and oxygen atoms in total. The van der Waals surface area contributed by atoms with Crippen LogP contribution in [-0.2, 0) is 11.2 Å². The Kier molecular flexibility index (Phi) is 4.16. The molecular formula is C13H15ClN4O. The van der Waals surface area contributed by atoms with Gasteiger partial charge in [0.25, 0.3) is 0 Å². The molecule has 0 aliphatic carbocycles. The largest absolute Gasteiger partial charge is 0.309 e. The van der Waals surface area contributed by atoms with E-state index in [0.717, 1.165) is 11.3 Å². The van der Waals surface area contributed by atoms with Gasteiger partial charge in [-0.1, -0.05) is 31.5 Å². The van der Waals surface area contributed by atoms with Crippen molar-refractivity contribution >= 4 is 23.3 Å². The number of rotatable bonds is 4. The third-order valence-electron chi connectivity index (χ3n) is 2.64. The summed E-state index contributed by atoms with van der Waals surface area (Å²) in [5, 5.41) is 10.1. The van der Waals surface area contributed by atoms with Crippen molar-refractivity contribution in [3.05, 3.63) is 40.8 Å². The van der Waals surface area contributed by atoms with Crippen LogP contribution in [0.5, 0.6) is 0 Å². The zero-order chi connectivity index (χ0) is 13.8. The summed E-state index contributed by atoms with van der Waals surface area (Å²) in [5.74, 6) is 0.750. The fraction of sp³-hybridized carbons (Fsp3) is 0.308. The second kappa shape index (κ2) is 5.84. The molecule has 0 aliphatic rings. The Morgan fingerprint density at radius 2 is 2.26 bits per heavy atom. The molecule has 2 aromatic rings. The zero-order valence-electron chi connectivity index (χ0n) is 10.8. The molecule has 2 N–H and O–H groups in total. The van der Waals surface area contributed by atoms with Gasteiger partial charge in [-0.2, -0.15) is 5.10 Å². The number of hydrogen-bond donors (Lipinski definition) is 2. The normalized spacial score (nSPS) is 10.7. The van der Waals surface area contributed by atoms with Gasteiger partial charge in [0.2, 0.25) is 5.91 Å². The molecule has 6 heteroatoms. The van der Waals surface area contributed by atoms with Gasteiger partial charge in [0.15, 0.2) is 5.82 Å². The molecule has 0 saturated heterocycles. The molecular weight excluding hydrogens is 264 g/mol. The molecule has 1 amide bonds. The van der Waals surface area contributed by atoms with Gasteiger partial charge in [-0.3, -0.25) is 9.89 Å².